The molecule has 0 aliphatic carbocycles. The van der Waals surface area contributed by atoms with Gasteiger partial charge >= 0.3 is 12.1 Å². The largest absolute Gasteiger partial charge is 0.479 e. The van der Waals surface area contributed by atoms with E-state index in [1.807, 2.05) is 37.8 Å². The fourth-order valence-electron chi connectivity index (χ4n) is 4.62. The molecule has 1 aliphatic heterocycles. The van der Waals surface area contributed by atoms with Crippen LogP contribution >= 0.6 is 23.1 Å². The number of rotatable bonds is 11. The molecule has 1 aliphatic rings. The van der Waals surface area contributed by atoms with E-state index in [0.29, 0.717) is 54.0 Å². The third-order valence-corrected chi connectivity index (χ3v) is 9.44. The lowest BCUT2D eigenvalue weighted by Crippen LogP contribution is -2.48. The number of carboxylic acid groups (broad SMARTS) is 1. The fraction of sp³-hybridized carbons (Fsp3) is 0.452. The van der Waals surface area contributed by atoms with E-state index in [1.54, 1.807) is 17.8 Å². The van der Waals surface area contributed by atoms with Crippen LogP contribution in [0.4, 0.5) is 13.2 Å². The summed E-state index contributed by atoms with van der Waals surface area (Å²) in [7, 11) is 0. The van der Waals surface area contributed by atoms with Gasteiger partial charge in [0.1, 0.15) is 10.8 Å². The first-order chi connectivity index (χ1) is 20.3. The van der Waals surface area contributed by atoms with Crippen molar-refractivity contribution < 1.29 is 32.6 Å². The number of carbonyl (C=O) groups is 2. The van der Waals surface area contributed by atoms with Gasteiger partial charge in [-0.2, -0.15) is 13.2 Å². The van der Waals surface area contributed by atoms with Gasteiger partial charge in [0.15, 0.2) is 6.10 Å². The average molecular weight is 636 g/mol. The van der Waals surface area contributed by atoms with Crippen molar-refractivity contribution in [3.63, 3.8) is 0 Å². The van der Waals surface area contributed by atoms with Crippen molar-refractivity contribution in [3.8, 4) is 16.3 Å². The summed E-state index contributed by atoms with van der Waals surface area (Å²) in [4.78, 5) is 34.7. The molecule has 1 unspecified atom stereocenters. The van der Waals surface area contributed by atoms with Crippen LogP contribution in [0.5, 0.6) is 5.75 Å². The Bertz CT molecular complexity index is 1420. The minimum atomic E-state index is -4.41. The number of nitrogens with zero attached hydrogens (tertiary/aromatic N) is 3. The van der Waals surface area contributed by atoms with Crippen molar-refractivity contribution in [1.29, 1.82) is 0 Å². The van der Waals surface area contributed by atoms with Crippen LogP contribution in [0, 0.1) is 12.8 Å². The molecule has 2 aromatic carbocycles. The zero-order valence-electron chi connectivity index (χ0n) is 24.6. The molecule has 1 aromatic heterocycles. The van der Waals surface area contributed by atoms with Crippen molar-refractivity contribution in [2.24, 2.45) is 5.92 Å². The highest BCUT2D eigenvalue weighted by molar-refractivity contribution is 7.98. The summed E-state index contributed by atoms with van der Waals surface area (Å²) < 4.78 is 44.9. The molecule has 232 valence electrons. The maximum absolute atomic E-state index is 13.1. The highest BCUT2D eigenvalue weighted by Crippen LogP contribution is 2.36. The number of ether oxygens (including phenoxy) is 1. The Hall–Kier alpha value is -3.09. The summed E-state index contributed by atoms with van der Waals surface area (Å²) in [5, 5.41) is 9.80. The Morgan fingerprint density at radius 3 is 2.33 bits per heavy atom. The molecule has 12 heteroatoms. The maximum Gasteiger partial charge on any atom is 0.416 e. The van der Waals surface area contributed by atoms with E-state index < -0.39 is 23.8 Å². The van der Waals surface area contributed by atoms with Crippen LogP contribution in [0.2, 0.25) is 0 Å². The van der Waals surface area contributed by atoms with Gasteiger partial charge in [0.05, 0.1) is 11.3 Å². The van der Waals surface area contributed by atoms with E-state index in [2.05, 4.69) is 4.90 Å². The van der Waals surface area contributed by atoms with Gasteiger partial charge < -0.3 is 14.7 Å². The first kappa shape index (κ1) is 32.8. The molecule has 0 bridgehead atoms. The number of thiazole rings is 1. The number of piperazine rings is 1. The second-order valence-corrected chi connectivity index (χ2v) is 13.2. The zero-order chi connectivity index (χ0) is 31.3. The van der Waals surface area contributed by atoms with E-state index in [0.717, 1.165) is 46.3 Å². The molecule has 0 spiro atoms. The van der Waals surface area contributed by atoms with E-state index in [-0.39, 0.29) is 5.91 Å². The van der Waals surface area contributed by atoms with E-state index in [4.69, 9.17) is 14.8 Å². The number of halogens is 3. The third kappa shape index (κ3) is 8.96. The second-order valence-electron chi connectivity index (χ2n) is 11.0. The Labute approximate surface area is 258 Å². The van der Waals surface area contributed by atoms with Gasteiger partial charge in [-0.25, -0.2) is 9.78 Å². The Morgan fingerprint density at radius 2 is 1.74 bits per heavy atom. The summed E-state index contributed by atoms with van der Waals surface area (Å²) in [6.45, 7) is 10.7. The van der Waals surface area contributed by atoms with Crippen LogP contribution < -0.4 is 4.74 Å². The van der Waals surface area contributed by atoms with Crippen molar-refractivity contribution in [3.05, 3.63) is 64.2 Å². The third-order valence-electron chi connectivity index (χ3n) is 7.09. The van der Waals surface area contributed by atoms with Crippen LogP contribution in [0.3, 0.4) is 0 Å². The number of hydrogen-bond acceptors (Lipinski definition) is 7. The lowest BCUT2D eigenvalue weighted by Gasteiger charge is -2.35. The molecule has 1 atom stereocenters. The minimum Gasteiger partial charge on any atom is -0.479 e. The summed E-state index contributed by atoms with van der Waals surface area (Å²) in [6, 6.07) is 10.7. The van der Waals surface area contributed by atoms with Gasteiger partial charge in [-0.1, -0.05) is 26.0 Å². The molecule has 0 radical (unpaired) electrons. The zero-order valence-corrected chi connectivity index (χ0v) is 26.2. The number of aromatic nitrogens is 1. The molecular weight excluding hydrogens is 599 g/mol. The number of aryl methyl sites for hydroxylation is 1. The van der Waals surface area contributed by atoms with Crippen LogP contribution in [-0.2, 0) is 28.1 Å². The first-order valence-electron chi connectivity index (χ1n) is 14.1. The quantitative estimate of drug-likeness (QED) is 0.228. The minimum absolute atomic E-state index is 0.175. The lowest BCUT2D eigenvalue weighted by atomic mass is 10.1. The average Bonchev–Trinajstić information content (AvgIpc) is 3.35. The van der Waals surface area contributed by atoms with Crippen molar-refractivity contribution in [2.75, 3.05) is 26.2 Å². The predicted molar refractivity (Wildman–Crippen MR) is 162 cm³/mol. The highest BCUT2D eigenvalue weighted by atomic mass is 32.2. The molecule has 43 heavy (non-hydrogen) atoms. The van der Waals surface area contributed by atoms with Crippen LogP contribution in [0.25, 0.3) is 10.6 Å². The number of aliphatic carboxylic acids is 1. The summed E-state index contributed by atoms with van der Waals surface area (Å²) in [6.07, 6.45) is -4.83. The maximum atomic E-state index is 13.1. The predicted octanol–water partition coefficient (Wildman–Crippen LogP) is 6.97. The molecule has 0 saturated carbocycles. The topological polar surface area (TPSA) is 83.0 Å². The molecule has 7 nitrogen and oxygen atoms in total. The van der Waals surface area contributed by atoms with Crippen LogP contribution in [-0.4, -0.2) is 64.0 Å². The standard InChI is InChI=1S/C31H36F3N3O4S2/c1-19(2)15-28(38)37-13-11-36(12-14-37)17-25-27(43-29(35-25)22-5-7-23(8-6-22)31(32,33)34)18-42-24-9-10-26(20(3)16-24)41-21(4)30(39)40/h5-10,16,19,21H,11-15,17-18H2,1-4H3,(H,39,40). The van der Waals surface area contributed by atoms with Gasteiger partial charge in [0.25, 0.3) is 0 Å². The fourth-order valence-corrected chi connectivity index (χ4v) is 6.80. The van der Waals surface area contributed by atoms with Gasteiger partial charge in [-0.15, -0.1) is 23.1 Å². The number of hydrogen-bond donors (Lipinski definition) is 1. The van der Waals surface area contributed by atoms with Crippen molar-refractivity contribution in [1.82, 2.24) is 14.8 Å². The van der Waals surface area contributed by atoms with E-state index >= 15 is 0 Å². The number of carboxylic acids is 1. The van der Waals surface area contributed by atoms with Crippen LogP contribution in [0.15, 0.2) is 47.4 Å². The monoisotopic (exact) mass is 635 g/mol. The van der Waals surface area contributed by atoms with E-state index in [1.165, 1.54) is 30.4 Å². The number of benzene rings is 2. The molecule has 1 N–H and O–H groups in total. The normalized spacial score (nSPS) is 15.1. The Kier molecular flexibility index (Phi) is 10.8. The van der Waals surface area contributed by atoms with Crippen molar-refractivity contribution in [2.45, 2.75) is 63.6 Å². The molecule has 4 rings (SSSR count). The molecule has 1 amide bonds. The SMILES string of the molecule is Cc1cc(SCc2sc(-c3ccc(C(F)(F)F)cc3)nc2CN2CCN(C(=O)CC(C)C)CC2)ccc1OC(C)C(=O)O. The Morgan fingerprint density at radius 1 is 1.07 bits per heavy atom. The lowest BCUT2D eigenvalue weighted by molar-refractivity contribution is -0.144. The molecular formula is C31H36F3N3O4S2. The van der Waals surface area contributed by atoms with Crippen LogP contribution in [0.1, 0.15) is 48.9 Å². The molecule has 2 heterocycles. The smallest absolute Gasteiger partial charge is 0.416 e. The highest BCUT2D eigenvalue weighted by Gasteiger charge is 2.30. The summed E-state index contributed by atoms with van der Waals surface area (Å²) in [5.41, 5.74) is 1.62. The van der Waals surface area contributed by atoms with Gasteiger partial charge in [0, 0.05) is 60.2 Å². The number of amides is 1. The summed E-state index contributed by atoms with van der Waals surface area (Å²) in [5.74, 6) is 0.557. The Balaban J connectivity index is 1.50. The number of alkyl halides is 3. The summed E-state index contributed by atoms with van der Waals surface area (Å²) >= 11 is 3.07. The first-order valence-corrected chi connectivity index (χ1v) is 15.9. The molecule has 1 fully saturated rings. The van der Waals surface area contributed by atoms with Gasteiger partial charge in [-0.05, 0) is 55.7 Å². The van der Waals surface area contributed by atoms with Gasteiger partial charge in [-0.3, -0.25) is 9.69 Å². The van der Waals surface area contributed by atoms with E-state index in [9.17, 15) is 22.8 Å². The van der Waals surface area contributed by atoms with Gasteiger partial charge in [0.2, 0.25) is 5.91 Å². The van der Waals surface area contributed by atoms with Crippen molar-refractivity contribution >= 4 is 35.0 Å². The molecule has 1 saturated heterocycles. The number of carbonyl (C=O) groups excluding carboxylic acids is 1. The second kappa shape index (κ2) is 14.1. The molecule has 3 aromatic rings. The number of thioether (sulfide) groups is 1.